The van der Waals surface area contributed by atoms with Crippen LogP contribution < -0.4 is 5.32 Å². The minimum absolute atomic E-state index is 0.280. The number of rotatable bonds is 5. The van der Waals surface area contributed by atoms with Gasteiger partial charge in [0.1, 0.15) is 6.33 Å². The van der Waals surface area contributed by atoms with Crippen LogP contribution in [-0.4, -0.2) is 41.4 Å². The normalized spacial score (nSPS) is 15.6. The zero-order valence-electron chi connectivity index (χ0n) is 17.8. The van der Waals surface area contributed by atoms with Gasteiger partial charge in [0, 0.05) is 17.1 Å². The van der Waals surface area contributed by atoms with E-state index in [1.807, 2.05) is 0 Å². The van der Waals surface area contributed by atoms with E-state index >= 15 is 0 Å². The van der Waals surface area contributed by atoms with Crippen molar-refractivity contribution >= 4 is 21.3 Å². The number of hydrogen-bond acceptors (Lipinski definition) is 7. The molecule has 1 atom stereocenters. The lowest BCUT2D eigenvalue weighted by molar-refractivity contribution is -0.137. The van der Waals surface area contributed by atoms with Crippen LogP contribution in [0.3, 0.4) is 0 Å². The van der Waals surface area contributed by atoms with Crippen LogP contribution in [0.1, 0.15) is 46.7 Å². The van der Waals surface area contributed by atoms with Gasteiger partial charge in [0.25, 0.3) is 5.91 Å². The predicted molar refractivity (Wildman–Crippen MR) is 116 cm³/mol. The van der Waals surface area contributed by atoms with E-state index in [-0.39, 0.29) is 17.0 Å². The molecule has 1 amide bonds. The van der Waals surface area contributed by atoms with Crippen molar-refractivity contribution in [3.05, 3.63) is 65.4 Å². The summed E-state index contributed by atoms with van der Waals surface area (Å²) in [5, 5.41) is 15.7. The number of nitriles is 1. The van der Waals surface area contributed by atoms with Crippen molar-refractivity contribution in [1.29, 1.82) is 5.26 Å². The fourth-order valence-corrected chi connectivity index (χ4v) is 4.74. The van der Waals surface area contributed by atoms with Crippen LogP contribution >= 0.6 is 0 Å². The van der Waals surface area contributed by atoms with Gasteiger partial charge in [-0.2, -0.15) is 32.6 Å². The largest absolute Gasteiger partial charge is 0.416 e. The van der Waals surface area contributed by atoms with Gasteiger partial charge in [-0.25, -0.2) is 14.2 Å². The van der Waals surface area contributed by atoms with Gasteiger partial charge in [0.05, 0.1) is 44.9 Å². The fourth-order valence-electron chi connectivity index (χ4n) is 3.29. The van der Waals surface area contributed by atoms with Crippen LogP contribution in [0.4, 0.5) is 18.9 Å². The summed E-state index contributed by atoms with van der Waals surface area (Å²) in [5.41, 5.74) is -1.20. The number of nitrogens with one attached hydrogen (secondary N) is 1. The van der Waals surface area contributed by atoms with E-state index < -0.39 is 33.4 Å². The number of amides is 1. The van der Waals surface area contributed by atoms with Crippen LogP contribution in [-0.2, 0) is 15.9 Å². The van der Waals surface area contributed by atoms with Crippen LogP contribution in [0.2, 0.25) is 0 Å². The van der Waals surface area contributed by atoms with Crippen molar-refractivity contribution in [2.75, 3.05) is 11.5 Å². The molecule has 0 spiro atoms. The smallest absolute Gasteiger partial charge is 0.342 e. The molecule has 1 aliphatic rings. The quantitative estimate of drug-likeness (QED) is 0.584. The maximum Gasteiger partial charge on any atom is 0.416 e. The fraction of sp³-hybridized carbons (Fsp3) is 0.286. The summed E-state index contributed by atoms with van der Waals surface area (Å²) < 4.78 is 57.2. The topological polar surface area (TPSA) is 126 Å². The molecule has 0 unspecified atom stereocenters. The molecule has 0 radical (unpaired) electrons. The highest BCUT2D eigenvalue weighted by Gasteiger charge is 2.32. The van der Waals surface area contributed by atoms with Crippen molar-refractivity contribution in [3.8, 4) is 11.9 Å². The van der Waals surface area contributed by atoms with Gasteiger partial charge in [-0.1, -0.05) is 0 Å². The summed E-state index contributed by atoms with van der Waals surface area (Å²) in [6.07, 6.45) is -1.11. The van der Waals surface area contributed by atoms with E-state index in [1.54, 1.807) is 25.1 Å². The Kier molecular flexibility index (Phi) is 6.09. The van der Waals surface area contributed by atoms with E-state index in [9.17, 15) is 22.2 Å². The minimum atomic E-state index is -4.70. The molecule has 1 saturated heterocycles. The second-order valence-electron chi connectivity index (χ2n) is 7.63. The molecule has 176 valence electrons. The summed E-state index contributed by atoms with van der Waals surface area (Å²) in [5.74, 6) is 0.975. The first-order valence-corrected chi connectivity index (χ1v) is 12.0. The highest BCUT2D eigenvalue weighted by molar-refractivity contribution is 7.95. The SMILES string of the molecule is C[C@H](NC(=O)c1cc(C#N)cc(C(F)(F)F)c1)c1ncnn1-c1ccc(N=S2(=O)CCC2)cn1. The number of alkyl halides is 3. The average Bonchev–Trinajstić information content (AvgIpc) is 3.27. The van der Waals surface area contributed by atoms with Crippen molar-refractivity contribution in [2.45, 2.75) is 25.6 Å². The highest BCUT2D eigenvalue weighted by atomic mass is 32.2. The van der Waals surface area contributed by atoms with Gasteiger partial charge in [0.2, 0.25) is 0 Å². The number of pyridine rings is 1. The maximum atomic E-state index is 13.1. The lowest BCUT2D eigenvalue weighted by Crippen LogP contribution is -2.29. The molecule has 1 fully saturated rings. The van der Waals surface area contributed by atoms with Gasteiger partial charge in [0.15, 0.2) is 11.6 Å². The molecule has 3 aromatic rings. The van der Waals surface area contributed by atoms with Crippen LogP contribution in [0, 0.1) is 11.3 Å². The van der Waals surface area contributed by atoms with E-state index in [0.29, 0.717) is 35.1 Å². The number of halogens is 3. The second-order valence-corrected chi connectivity index (χ2v) is 10.2. The van der Waals surface area contributed by atoms with Crippen molar-refractivity contribution in [2.24, 2.45) is 4.36 Å². The van der Waals surface area contributed by atoms with Gasteiger partial charge >= 0.3 is 6.18 Å². The van der Waals surface area contributed by atoms with E-state index in [4.69, 9.17) is 5.26 Å². The molecule has 0 aliphatic carbocycles. The monoisotopic (exact) mass is 489 g/mol. The summed E-state index contributed by atoms with van der Waals surface area (Å²) >= 11 is 0. The molecular formula is C21H18F3N7O2S. The van der Waals surface area contributed by atoms with Crippen LogP contribution in [0.15, 0.2) is 47.2 Å². The number of carbonyl (C=O) groups is 1. The van der Waals surface area contributed by atoms with Gasteiger partial charge < -0.3 is 5.32 Å². The van der Waals surface area contributed by atoms with Crippen LogP contribution in [0.25, 0.3) is 5.82 Å². The Hall–Kier alpha value is -3.79. The molecule has 1 N–H and O–H groups in total. The summed E-state index contributed by atoms with van der Waals surface area (Å²) in [6, 6.07) is 6.58. The van der Waals surface area contributed by atoms with E-state index in [0.717, 1.165) is 12.5 Å². The Labute approximate surface area is 192 Å². The van der Waals surface area contributed by atoms with Crippen molar-refractivity contribution in [1.82, 2.24) is 25.1 Å². The molecule has 0 bridgehead atoms. The lowest BCUT2D eigenvalue weighted by Gasteiger charge is -2.17. The number of nitrogens with zero attached hydrogens (tertiary/aromatic N) is 6. The Bertz CT molecular complexity index is 1390. The molecular weight excluding hydrogens is 471 g/mol. The van der Waals surface area contributed by atoms with Gasteiger partial charge in [-0.3, -0.25) is 4.79 Å². The molecule has 1 aromatic carbocycles. The Morgan fingerprint density at radius 1 is 1.26 bits per heavy atom. The van der Waals surface area contributed by atoms with Gasteiger partial charge in [-0.05, 0) is 43.7 Å². The third-order valence-electron chi connectivity index (χ3n) is 5.11. The Morgan fingerprint density at radius 3 is 2.62 bits per heavy atom. The predicted octanol–water partition coefficient (Wildman–Crippen LogP) is 3.55. The minimum Gasteiger partial charge on any atom is -0.342 e. The second kappa shape index (κ2) is 8.86. The zero-order chi connectivity index (χ0) is 24.5. The summed E-state index contributed by atoms with van der Waals surface area (Å²) in [7, 11) is -2.18. The van der Waals surface area contributed by atoms with Gasteiger partial charge in [-0.15, -0.1) is 0 Å². The first kappa shape index (κ1) is 23.4. The third-order valence-corrected chi connectivity index (χ3v) is 7.51. The summed E-state index contributed by atoms with van der Waals surface area (Å²) in [6.45, 7) is 1.59. The molecule has 4 rings (SSSR count). The molecule has 13 heteroatoms. The standard InChI is InChI=1S/C21H18F3N7O2S/c1-13(29-20(32)15-7-14(10-25)8-16(9-15)21(22,23)24)19-27-12-28-31(19)18-4-3-17(11-26-18)30-34(33)5-2-6-34/h3-4,7-9,11-13H,2,5-6H2,1H3,(H,29,32)/t13-/m0/s1. The highest BCUT2D eigenvalue weighted by Crippen LogP contribution is 2.31. The number of carbonyl (C=O) groups excluding carboxylic acids is 1. The Morgan fingerprint density at radius 2 is 2.03 bits per heavy atom. The number of hydrogen-bond donors (Lipinski definition) is 1. The van der Waals surface area contributed by atoms with Crippen molar-refractivity contribution < 1.29 is 22.2 Å². The first-order valence-electron chi connectivity index (χ1n) is 10.1. The number of aromatic nitrogens is 4. The molecule has 2 aromatic heterocycles. The van der Waals surface area contributed by atoms with Crippen molar-refractivity contribution in [3.63, 3.8) is 0 Å². The zero-order valence-corrected chi connectivity index (χ0v) is 18.6. The maximum absolute atomic E-state index is 13.1. The molecule has 0 saturated carbocycles. The molecule has 3 heterocycles. The first-order chi connectivity index (χ1) is 16.1. The van der Waals surface area contributed by atoms with E-state index in [2.05, 4.69) is 24.7 Å². The van der Waals surface area contributed by atoms with E-state index in [1.165, 1.54) is 17.2 Å². The molecule has 9 nitrogen and oxygen atoms in total. The average molecular weight is 489 g/mol. The number of benzene rings is 1. The molecule has 34 heavy (non-hydrogen) atoms. The van der Waals surface area contributed by atoms with Crippen LogP contribution in [0.5, 0.6) is 0 Å². The Balaban J connectivity index is 1.55. The molecule has 1 aliphatic heterocycles. The third kappa shape index (κ3) is 4.91. The summed E-state index contributed by atoms with van der Waals surface area (Å²) in [4.78, 5) is 21.1. The lowest BCUT2D eigenvalue weighted by atomic mass is 10.0.